The van der Waals surface area contributed by atoms with Crippen molar-refractivity contribution in [2.24, 2.45) is 0 Å². The van der Waals surface area contributed by atoms with Gasteiger partial charge in [0.05, 0.1) is 6.42 Å². The van der Waals surface area contributed by atoms with E-state index in [2.05, 4.69) is 19.2 Å². The quantitative estimate of drug-likeness (QED) is 0.890. The third-order valence-corrected chi connectivity index (χ3v) is 3.09. The van der Waals surface area contributed by atoms with E-state index in [9.17, 15) is 9.18 Å². The smallest absolute Gasteiger partial charge is 0.228 e. The van der Waals surface area contributed by atoms with Crippen LogP contribution in [0, 0.1) is 5.82 Å². The lowest BCUT2D eigenvalue weighted by Crippen LogP contribution is -2.14. The first-order valence-corrected chi connectivity index (χ1v) is 6.69. The van der Waals surface area contributed by atoms with E-state index in [0.29, 0.717) is 11.5 Å². The molecular weight excluding hydrogens is 253 g/mol. The number of anilines is 1. The second-order valence-corrected chi connectivity index (χ2v) is 5.14. The summed E-state index contributed by atoms with van der Waals surface area (Å²) in [6.07, 6.45) is 0.170. The van der Waals surface area contributed by atoms with Gasteiger partial charge in [-0.2, -0.15) is 0 Å². The molecule has 0 atom stereocenters. The van der Waals surface area contributed by atoms with Crippen LogP contribution >= 0.6 is 0 Å². The number of benzene rings is 2. The molecule has 2 aromatic rings. The van der Waals surface area contributed by atoms with Crippen LogP contribution in [0.2, 0.25) is 0 Å². The van der Waals surface area contributed by atoms with Gasteiger partial charge >= 0.3 is 0 Å². The number of carbonyl (C=O) groups is 1. The first-order chi connectivity index (χ1) is 9.54. The fraction of sp³-hybridized carbons (Fsp3) is 0.235. The highest BCUT2D eigenvalue weighted by molar-refractivity contribution is 5.92. The summed E-state index contributed by atoms with van der Waals surface area (Å²) in [4.78, 5) is 11.9. The lowest BCUT2D eigenvalue weighted by molar-refractivity contribution is -0.115. The van der Waals surface area contributed by atoms with E-state index in [1.807, 2.05) is 24.3 Å². The molecule has 0 aliphatic heterocycles. The van der Waals surface area contributed by atoms with Crippen LogP contribution in [-0.4, -0.2) is 5.91 Å². The summed E-state index contributed by atoms with van der Waals surface area (Å²) >= 11 is 0. The number of hydrogen-bond donors (Lipinski definition) is 1. The predicted molar refractivity (Wildman–Crippen MR) is 79.3 cm³/mol. The van der Waals surface area contributed by atoms with E-state index < -0.39 is 0 Å². The van der Waals surface area contributed by atoms with Crippen molar-refractivity contribution < 1.29 is 9.18 Å². The molecule has 0 spiro atoms. The average molecular weight is 271 g/mol. The Kier molecular flexibility index (Phi) is 4.51. The van der Waals surface area contributed by atoms with Crippen LogP contribution in [0.5, 0.6) is 0 Å². The number of hydrogen-bond acceptors (Lipinski definition) is 1. The summed E-state index contributed by atoms with van der Waals surface area (Å²) in [5.41, 5.74) is 2.62. The van der Waals surface area contributed by atoms with Crippen molar-refractivity contribution >= 4 is 11.6 Å². The van der Waals surface area contributed by atoms with Crippen molar-refractivity contribution in [3.05, 3.63) is 65.5 Å². The van der Waals surface area contributed by atoms with Crippen molar-refractivity contribution in [1.29, 1.82) is 0 Å². The SMILES string of the molecule is CC(C)c1cccc(NC(=O)Cc2cccc(F)c2)c1. The van der Waals surface area contributed by atoms with E-state index >= 15 is 0 Å². The van der Waals surface area contributed by atoms with E-state index in [1.165, 1.54) is 17.7 Å². The van der Waals surface area contributed by atoms with Crippen molar-refractivity contribution in [2.45, 2.75) is 26.2 Å². The lowest BCUT2D eigenvalue weighted by Gasteiger charge is -2.09. The molecule has 0 aliphatic carbocycles. The Balaban J connectivity index is 2.03. The topological polar surface area (TPSA) is 29.1 Å². The van der Waals surface area contributed by atoms with Gasteiger partial charge in [0.1, 0.15) is 5.82 Å². The van der Waals surface area contributed by atoms with Crippen molar-refractivity contribution in [2.75, 3.05) is 5.32 Å². The van der Waals surface area contributed by atoms with E-state index in [-0.39, 0.29) is 18.1 Å². The van der Waals surface area contributed by atoms with Crippen molar-refractivity contribution in [3.63, 3.8) is 0 Å². The van der Waals surface area contributed by atoms with Crippen LogP contribution in [0.1, 0.15) is 30.9 Å². The minimum atomic E-state index is -0.322. The monoisotopic (exact) mass is 271 g/mol. The Morgan fingerprint density at radius 2 is 1.90 bits per heavy atom. The summed E-state index contributed by atoms with van der Waals surface area (Å²) in [5.74, 6) is -0.0521. The van der Waals surface area contributed by atoms with Crippen molar-refractivity contribution in [1.82, 2.24) is 0 Å². The van der Waals surface area contributed by atoms with Crippen LogP contribution in [0.15, 0.2) is 48.5 Å². The van der Waals surface area contributed by atoms with Gasteiger partial charge in [-0.15, -0.1) is 0 Å². The first kappa shape index (κ1) is 14.3. The zero-order chi connectivity index (χ0) is 14.5. The Hall–Kier alpha value is -2.16. The van der Waals surface area contributed by atoms with Gasteiger partial charge in [-0.05, 0) is 41.3 Å². The first-order valence-electron chi connectivity index (χ1n) is 6.69. The van der Waals surface area contributed by atoms with Gasteiger partial charge in [-0.3, -0.25) is 4.79 Å². The average Bonchev–Trinajstić information content (AvgIpc) is 2.38. The van der Waals surface area contributed by atoms with Gasteiger partial charge in [0.25, 0.3) is 0 Å². The number of amides is 1. The maximum Gasteiger partial charge on any atom is 0.228 e. The molecule has 0 unspecified atom stereocenters. The lowest BCUT2D eigenvalue weighted by atomic mass is 10.0. The Morgan fingerprint density at radius 3 is 2.60 bits per heavy atom. The maximum absolute atomic E-state index is 13.1. The molecule has 0 aromatic heterocycles. The Labute approximate surface area is 118 Å². The molecule has 20 heavy (non-hydrogen) atoms. The number of halogens is 1. The highest BCUT2D eigenvalue weighted by atomic mass is 19.1. The minimum absolute atomic E-state index is 0.142. The molecule has 104 valence electrons. The number of nitrogens with one attached hydrogen (secondary N) is 1. The van der Waals surface area contributed by atoms with Gasteiger partial charge < -0.3 is 5.32 Å². The number of rotatable bonds is 4. The largest absolute Gasteiger partial charge is 0.326 e. The molecule has 2 nitrogen and oxygen atoms in total. The minimum Gasteiger partial charge on any atom is -0.326 e. The molecule has 0 bridgehead atoms. The van der Waals surface area contributed by atoms with Gasteiger partial charge in [0.15, 0.2) is 0 Å². The van der Waals surface area contributed by atoms with Gasteiger partial charge in [0, 0.05) is 5.69 Å². The molecule has 0 saturated heterocycles. The molecule has 0 saturated carbocycles. The van der Waals surface area contributed by atoms with Gasteiger partial charge in [-0.25, -0.2) is 4.39 Å². The van der Waals surface area contributed by atoms with Crippen LogP contribution in [-0.2, 0) is 11.2 Å². The van der Waals surface area contributed by atoms with E-state index in [4.69, 9.17) is 0 Å². The highest BCUT2D eigenvalue weighted by Gasteiger charge is 2.06. The molecular formula is C17H18FNO. The maximum atomic E-state index is 13.1. The Bertz CT molecular complexity index is 607. The third kappa shape index (κ3) is 3.92. The van der Waals surface area contributed by atoms with E-state index in [0.717, 1.165) is 5.69 Å². The zero-order valence-electron chi connectivity index (χ0n) is 11.7. The normalized spacial score (nSPS) is 10.6. The van der Waals surface area contributed by atoms with E-state index in [1.54, 1.807) is 12.1 Å². The molecule has 2 rings (SSSR count). The summed E-state index contributed by atoms with van der Waals surface area (Å²) in [7, 11) is 0. The second kappa shape index (κ2) is 6.33. The fourth-order valence-corrected chi connectivity index (χ4v) is 2.01. The molecule has 0 radical (unpaired) electrons. The second-order valence-electron chi connectivity index (χ2n) is 5.14. The fourth-order valence-electron chi connectivity index (χ4n) is 2.01. The molecule has 0 fully saturated rings. The van der Waals surface area contributed by atoms with Crippen LogP contribution in [0.4, 0.5) is 10.1 Å². The van der Waals surface area contributed by atoms with Crippen LogP contribution in [0.25, 0.3) is 0 Å². The summed E-state index contributed by atoms with van der Waals surface area (Å²) < 4.78 is 13.1. The van der Waals surface area contributed by atoms with Crippen LogP contribution < -0.4 is 5.32 Å². The number of carbonyl (C=O) groups excluding carboxylic acids is 1. The highest BCUT2D eigenvalue weighted by Crippen LogP contribution is 2.18. The van der Waals surface area contributed by atoms with Crippen LogP contribution in [0.3, 0.4) is 0 Å². The standard InChI is InChI=1S/C17H18FNO/c1-12(2)14-6-4-8-16(11-14)19-17(20)10-13-5-3-7-15(18)9-13/h3-9,11-12H,10H2,1-2H3,(H,19,20). The van der Waals surface area contributed by atoms with Gasteiger partial charge in [0.2, 0.25) is 5.91 Å². The molecule has 1 N–H and O–H groups in total. The molecule has 2 aromatic carbocycles. The summed E-state index contributed by atoms with van der Waals surface area (Å²) in [5, 5.41) is 2.84. The third-order valence-electron chi connectivity index (χ3n) is 3.09. The summed E-state index contributed by atoms with van der Waals surface area (Å²) in [6, 6.07) is 13.9. The molecule has 1 amide bonds. The zero-order valence-corrected chi connectivity index (χ0v) is 11.7. The Morgan fingerprint density at radius 1 is 1.15 bits per heavy atom. The predicted octanol–water partition coefficient (Wildman–Crippen LogP) is 4.13. The van der Waals surface area contributed by atoms with Gasteiger partial charge in [-0.1, -0.05) is 38.1 Å². The molecule has 0 aliphatic rings. The molecule has 0 heterocycles. The molecule has 3 heteroatoms. The summed E-state index contributed by atoms with van der Waals surface area (Å²) in [6.45, 7) is 4.21. The van der Waals surface area contributed by atoms with Crippen molar-refractivity contribution in [3.8, 4) is 0 Å².